The van der Waals surface area contributed by atoms with Crippen molar-refractivity contribution in [3.63, 3.8) is 0 Å². The molecule has 26 heavy (non-hydrogen) atoms. The normalized spacial score (nSPS) is 20.1. The van der Waals surface area contributed by atoms with E-state index in [1.54, 1.807) is 6.20 Å². The predicted molar refractivity (Wildman–Crippen MR) is 97.0 cm³/mol. The number of carboxylic acid groups (broad SMARTS) is 1. The lowest BCUT2D eigenvalue weighted by molar-refractivity contribution is 0.0503. The van der Waals surface area contributed by atoms with Crippen molar-refractivity contribution in [2.24, 2.45) is 0 Å². The topological polar surface area (TPSA) is 82.9 Å². The largest absolute Gasteiger partial charge is 0.465 e. The molecule has 2 atom stereocenters. The summed E-state index contributed by atoms with van der Waals surface area (Å²) in [6, 6.07) is 14.0. The summed E-state index contributed by atoms with van der Waals surface area (Å²) in [7, 11) is 0. The third-order valence-corrected chi connectivity index (χ3v) is 4.74. The molecule has 1 aromatic carbocycles. The number of nitrogens with zero attached hydrogens (tertiary/aromatic N) is 2. The molecule has 1 saturated heterocycles. The number of ether oxygens (including phenoxy) is 1. The number of aliphatic hydroxyl groups excluding tert-OH is 1. The molecule has 0 spiro atoms. The van der Waals surface area contributed by atoms with Crippen molar-refractivity contribution < 1.29 is 19.7 Å². The van der Waals surface area contributed by atoms with Crippen LogP contribution in [0.2, 0.25) is 0 Å². The molecule has 1 aliphatic rings. The summed E-state index contributed by atoms with van der Waals surface area (Å²) in [5.41, 5.74) is 3.05. The van der Waals surface area contributed by atoms with Crippen LogP contribution in [-0.2, 0) is 17.8 Å². The lowest BCUT2D eigenvalue weighted by Gasteiger charge is -2.34. The predicted octanol–water partition coefficient (Wildman–Crippen LogP) is 2.67. The Hall–Kier alpha value is -2.44. The molecule has 0 bridgehead atoms. The number of aromatic nitrogens is 1. The second kappa shape index (κ2) is 8.78. The van der Waals surface area contributed by atoms with Gasteiger partial charge < -0.3 is 19.8 Å². The molecule has 1 fully saturated rings. The SMILES string of the molecule is O=C(O)N1CCC(c2ccc(CCOCc3ccccc3)nc2)C(O)C1. The van der Waals surface area contributed by atoms with Crippen LogP contribution < -0.4 is 0 Å². The van der Waals surface area contributed by atoms with Crippen molar-refractivity contribution in [2.75, 3.05) is 19.7 Å². The fourth-order valence-electron chi connectivity index (χ4n) is 3.24. The summed E-state index contributed by atoms with van der Waals surface area (Å²) in [5.74, 6) is -0.0681. The Morgan fingerprint density at radius 2 is 2.04 bits per heavy atom. The molecule has 0 saturated carbocycles. The average Bonchev–Trinajstić information content (AvgIpc) is 2.66. The molecule has 3 rings (SSSR count). The lowest BCUT2D eigenvalue weighted by Crippen LogP contribution is -2.45. The van der Waals surface area contributed by atoms with Gasteiger partial charge in [-0.05, 0) is 23.6 Å². The molecule has 0 radical (unpaired) electrons. The smallest absolute Gasteiger partial charge is 0.407 e. The van der Waals surface area contributed by atoms with Gasteiger partial charge in [-0.1, -0.05) is 36.4 Å². The Kier molecular flexibility index (Phi) is 6.20. The first-order valence-electron chi connectivity index (χ1n) is 8.86. The van der Waals surface area contributed by atoms with Gasteiger partial charge in [0.25, 0.3) is 0 Å². The van der Waals surface area contributed by atoms with Crippen LogP contribution in [0, 0.1) is 0 Å². The number of hydrogen-bond acceptors (Lipinski definition) is 4. The Labute approximate surface area is 153 Å². The minimum Gasteiger partial charge on any atom is -0.465 e. The van der Waals surface area contributed by atoms with Gasteiger partial charge in [-0.3, -0.25) is 4.98 Å². The zero-order chi connectivity index (χ0) is 18.4. The molecule has 1 aliphatic heterocycles. The van der Waals surface area contributed by atoms with Crippen LogP contribution in [0.3, 0.4) is 0 Å². The van der Waals surface area contributed by atoms with E-state index in [9.17, 15) is 9.90 Å². The molecule has 2 aromatic rings. The van der Waals surface area contributed by atoms with Gasteiger partial charge in [0.2, 0.25) is 0 Å². The molecule has 2 N–H and O–H groups in total. The molecular weight excluding hydrogens is 332 g/mol. The summed E-state index contributed by atoms with van der Waals surface area (Å²) < 4.78 is 5.68. The maximum absolute atomic E-state index is 11.0. The summed E-state index contributed by atoms with van der Waals surface area (Å²) >= 11 is 0. The summed E-state index contributed by atoms with van der Waals surface area (Å²) in [5, 5.41) is 19.3. The van der Waals surface area contributed by atoms with Crippen LogP contribution in [0.5, 0.6) is 0 Å². The second-order valence-corrected chi connectivity index (χ2v) is 6.56. The lowest BCUT2D eigenvalue weighted by atomic mass is 9.88. The molecular formula is C20H24N2O4. The van der Waals surface area contributed by atoms with Gasteiger partial charge in [0.1, 0.15) is 0 Å². The van der Waals surface area contributed by atoms with E-state index >= 15 is 0 Å². The molecule has 6 heteroatoms. The third-order valence-electron chi connectivity index (χ3n) is 4.74. The number of β-amino-alcohol motifs (C(OH)–C–C–N with tert-alkyl or cyclic N) is 1. The van der Waals surface area contributed by atoms with E-state index in [1.165, 1.54) is 4.90 Å². The van der Waals surface area contributed by atoms with E-state index in [0.717, 1.165) is 23.2 Å². The van der Waals surface area contributed by atoms with Crippen molar-refractivity contribution in [3.8, 4) is 0 Å². The van der Waals surface area contributed by atoms with Crippen LogP contribution in [0.4, 0.5) is 4.79 Å². The summed E-state index contributed by atoms with van der Waals surface area (Å²) in [6.07, 6.45) is 1.45. The highest BCUT2D eigenvalue weighted by molar-refractivity contribution is 5.65. The number of hydrogen-bond donors (Lipinski definition) is 2. The van der Waals surface area contributed by atoms with Crippen LogP contribution in [0.25, 0.3) is 0 Å². The summed E-state index contributed by atoms with van der Waals surface area (Å²) in [6.45, 7) is 1.77. The maximum Gasteiger partial charge on any atom is 0.407 e. The first-order chi connectivity index (χ1) is 12.6. The van der Waals surface area contributed by atoms with E-state index in [2.05, 4.69) is 4.98 Å². The van der Waals surface area contributed by atoms with Crippen LogP contribution in [0.1, 0.15) is 29.2 Å². The van der Waals surface area contributed by atoms with Gasteiger partial charge in [0.05, 0.1) is 25.9 Å². The standard InChI is InChI=1S/C20H24N2O4/c23-19-13-22(20(24)25)10-8-18(19)16-6-7-17(21-12-16)9-11-26-14-15-4-2-1-3-5-15/h1-7,12,18-19,23H,8-11,13-14H2,(H,24,25). The number of rotatable bonds is 6. The molecule has 2 heterocycles. The molecule has 2 unspecified atom stereocenters. The minimum atomic E-state index is -0.980. The Morgan fingerprint density at radius 3 is 2.69 bits per heavy atom. The maximum atomic E-state index is 11.0. The molecule has 0 aliphatic carbocycles. The average molecular weight is 356 g/mol. The Morgan fingerprint density at radius 1 is 1.23 bits per heavy atom. The number of piperidine rings is 1. The zero-order valence-electron chi connectivity index (χ0n) is 14.6. The van der Waals surface area contributed by atoms with Gasteiger partial charge >= 0.3 is 6.09 Å². The highest BCUT2D eigenvalue weighted by Gasteiger charge is 2.31. The Bertz CT molecular complexity index is 706. The first kappa shape index (κ1) is 18.4. The van der Waals surface area contributed by atoms with Gasteiger partial charge in [-0.25, -0.2) is 4.79 Å². The number of benzene rings is 1. The quantitative estimate of drug-likeness (QED) is 0.778. The fraction of sp³-hybridized carbons (Fsp3) is 0.400. The van der Waals surface area contributed by atoms with Crippen LogP contribution in [0.15, 0.2) is 48.7 Å². The van der Waals surface area contributed by atoms with Gasteiger partial charge in [-0.15, -0.1) is 0 Å². The van der Waals surface area contributed by atoms with Crippen molar-refractivity contribution in [3.05, 3.63) is 65.5 Å². The highest BCUT2D eigenvalue weighted by Crippen LogP contribution is 2.28. The van der Waals surface area contributed by atoms with E-state index in [1.807, 2.05) is 42.5 Å². The first-order valence-corrected chi connectivity index (χ1v) is 8.86. The molecule has 6 nitrogen and oxygen atoms in total. The van der Waals surface area contributed by atoms with Gasteiger partial charge in [0.15, 0.2) is 0 Å². The number of aliphatic hydroxyl groups is 1. The Balaban J connectivity index is 1.47. The number of amides is 1. The monoisotopic (exact) mass is 356 g/mol. The molecule has 138 valence electrons. The van der Waals surface area contributed by atoms with Crippen LogP contribution in [-0.4, -0.2) is 52.0 Å². The van der Waals surface area contributed by atoms with Crippen molar-refractivity contribution in [2.45, 2.75) is 31.5 Å². The third kappa shape index (κ3) is 4.80. The van der Waals surface area contributed by atoms with E-state index < -0.39 is 12.2 Å². The summed E-state index contributed by atoms with van der Waals surface area (Å²) in [4.78, 5) is 16.7. The van der Waals surface area contributed by atoms with Crippen molar-refractivity contribution in [1.82, 2.24) is 9.88 Å². The zero-order valence-corrected chi connectivity index (χ0v) is 14.6. The second-order valence-electron chi connectivity index (χ2n) is 6.56. The molecule has 1 aromatic heterocycles. The minimum absolute atomic E-state index is 0.0681. The van der Waals surface area contributed by atoms with E-state index in [0.29, 0.717) is 26.2 Å². The number of pyridine rings is 1. The van der Waals surface area contributed by atoms with Crippen LogP contribution >= 0.6 is 0 Å². The van der Waals surface area contributed by atoms with E-state index in [4.69, 9.17) is 9.84 Å². The highest BCUT2D eigenvalue weighted by atomic mass is 16.5. The fourth-order valence-corrected chi connectivity index (χ4v) is 3.24. The molecule has 1 amide bonds. The van der Waals surface area contributed by atoms with Crippen molar-refractivity contribution >= 4 is 6.09 Å². The van der Waals surface area contributed by atoms with E-state index in [-0.39, 0.29) is 12.5 Å². The van der Waals surface area contributed by atoms with Gasteiger partial charge in [0, 0.05) is 30.8 Å². The number of carbonyl (C=O) groups is 1. The van der Waals surface area contributed by atoms with Crippen molar-refractivity contribution in [1.29, 1.82) is 0 Å². The van der Waals surface area contributed by atoms with Gasteiger partial charge in [-0.2, -0.15) is 0 Å². The number of likely N-dealkylation sites (tertiary alicyclic amines) is 1.